The lowest BCUT2D eigenvalue weighted by molar-refractivity contribution is -0.141. The summed E-state index contributed by atoms with van der Waals surface area (Å²) in [5.74, 6) is -1.27. The van der Waals surface area contributed by atoms with Crippen LogP contribution in [-0.4, -0.2) is 30.1 Å². The fraction of sp³-hybridized carbons (Fsp3) is 0.412. The highest BCUT2D eigenvalue weighted by Gasteiger charge is 2.24. The molecule has 5 heteroatoms. The van der Waals surface area contributed by atoms with Crippen molar-refractivity contribution in [3.05, 3.63) is 47.5 Å². The highest BCUT2D eigenvalue weighted by Crippen LogP contribution is 2.23. The van der Waals surface area contributed by atoms with E-state index in [4.69, 9.17) is 9.84 Å². The average Bonchev–Trinajstić information content (AvgIpc) is 2.55. The monoisotopic (exact) mass is 303 g/mol. The van der Waals surface area contributed by atoms with Crippen LogP contribution in [0.3, 0.4) is 0 Å². The van der Waals surface area contributed by atoms with E-state index in [0.717, 1.165) is 31.5 Å². The molecular formula is C17H21NO4. The molecule has 1 aromatic carbocycles. The summed E-state index contributed by atoms with van der Waals surface area (Å²) in [7, 11) is 0. The van der Waals surface area contributed by atoms with E-state index in [1.165, 1.54) is 6.08 Å². The Hall–Kier alpha value is -2.14. The van der Waals surface area contributed by atoms with Crippen LogP contribution in [0.25, 0.3) is 0 Å². The Balaban J connectivity index is 2.01. The van der Waals surface area contributed by atoms with Crippen molar-refractivity contribution >= 4 is 11.9 Å². The van der Waals surface area contributed by atoms with Crippen molar-refractivity contribution in [2.24, 2.45) is 5.92 Å². The first kappa shape index (κ1) is 16.2. The number of carboxylic acids is 1. The summed E-state index contributed by atoms with van der Waals surface area (Å²) in [5, 5.41) is 12.1. The van der Waals surface area contributed by atoms with E-state index in [1.54, 1.807) is 0 Å². The van der Waals surface area contributed by atoms with Gasteiger partial charge in [0.15, 0.2) is 0 Å². The summed E-state index contributed by atoms with van der Waals surface area (Å²) in [5.41, 5.74) is 1.42. The van der Waals surface area contributed by atoms with E-state index >= 15 is 0 Å². The van der Waals surface area contributed by atoms with Crippen LogP contribution < -0.4 is 5.32 Å². The summed E-state index contributed by atoms with van der Waals surface area (Å²) in [6.07, 6.45) is 3.00. The van der Waals surface area contributed by atoms with Crippen molar-refractivity contribution in [2.75, 3.05) is 13.1 Å². The predicted molar refractivity (Wildman–Crippen MR) is 82.2 cm³/mol. The molecule has 1 heterocycles. The third kappa shape index (κ3) is 5.00. The van der Waals surface area contributed by atoms with Crippen LogP contribution in [0.4, 0.5) is 0 Å². The molecule has 1 saturated heterocycles. The molecule has 5 nitrogen and oxygen atoms in total. The quantitative estimate of drug-likeness (QED) is 0.622. The molecule has 0 aromatic heterocycles. The number of aliphatic carboxylic acids is 1. The summed E-state index contributed by atoms with van der Waals surface area (Å²) < 4.78 is 5.36. The molecule has 0 atom stereocenters. The number of carbonyl (C=O) groups is 2. The van der Waals surface area contributed by atoms with Crippen LogP contribution in [0, 0.1) is 5.92 Å². The van der Waals surface area contributed by atoms with E-state index in [0.29, 0.717) is 5.57 Å². The number of ether oxygens (including phenoxy) is 1. The first-order valence-corrected chi connectivity index (χ1v) is 7.50. The standard InChI is InChI=1S/C17H21NO4/c19-16(20)7-6-15(14-8-10-18-11-9-14)17(21)22-12-13-4-2-1-3-5-13/h1-6,14,18H,7-12H2,(H,19,20)/b15-6+. The fourth-order valence-electron chi connectivity index (χ4n) is 2.55. The Labute approximate surface area is 130 Å². The highest BCUT2D eigenvalue weighted by molar-refractivity contribution is 5.89. The Morgan fingerprint density at radius 1 is 1.23 bits per heavy atom. The normalized spacial score (nSPS) is 16.3. The summed E-state index contributed by atoms with van der Waals surface area (Å²) >= 11 is 0. The largest absolute Gasteiger partial charge is 0.481 e. The van der Waals surface area contributed by atoms with E-state index < -0.39 is 11.9 Å². The zero-order valence-corrected chi connectivity index (χ0v) is 12.5. The molecule has 0 spiro atoms. The van der Waals surface area contributed by atoms with E-state index in [1.807, 2.05) is 30.3 Å². The van der Waals surface area contributed by atoms with E-state index in [9.17, 15) is 9.59 Å². The highest BCUT2D eigenvalue weighted by atomic mass is 16.5. The molecule has 0 unspecified atom stereocenters. The third-order valence-electron chi connectivity index (χ3n) is 3.72. The Bertz CT molecular complexity index is 533. The van der Waals surface area contributed by atoms with Crippen LogP contribution in [0.2, 0.25) is 0 Å². The second-order valence-electron chi connectivity index (χ2n) is 5.34. The van der Waals surface area contributed by atoms with Gasteiger partial charge in [0.05, 0.1) is 6.42 Å². The number of hydrogen-bond donors (Lipinski definition) is 2. The summed E-state index contributed by atoms with van der Waals surface area (Å²) in [4.78, 5) is 23.1. The Kier molecular flexibility index (Phi) is 6.15. The number of carboxylic acid groups (broad SMARTS) is 1. The Morgan fingerprint density at radius 3 is 2.55 bits per heavy atom. The minimum Gasteiger partial charge on any atom is -0.481 e. The van der Waals surface area contributed by atoms with Crippen LogP contribution in [0.15, 0.2) is 42.0 Å². The van der Waals surface area contributed by atoms with Crippen LogP contribution in [0.1, 0.15) is 24.8 Å². The van der Waals surface area contributed by atoms with Crippen molar-refractivity contribution in [3.8, 4) is 0 Å². The number of esters is 1. The zero-order valence-electron chi connectivity index (χ0n) is 12.5. The van der Waals surface area contributed by atoms with Crippen molar-refractivity contribution in [2.45, 2.75) is 25.9 Å². The average molecular weight is 303 g/mol. The molecule has 0 bridgehead atoms. The molecule has 1 aliphatic heterocycles. The summed E-state index contributed by atoms with van der Waals surface area (Å²) in [6.45, 7) is 1.87. The number of piperidine rings is 1. The van der Waals surface area contributed by atoms with Crippen LogP contribution >= 0.6 is 0 Å². The molecule has 0 aliphatic carbocycles. The van der Waals surface area contributed by atoms with Gasteiger partial charge in [0.25, 0.3) is 0 Å². The molecule has 0 radical (unpaired) electrons. The van der Waals surface area contributed by atoms with E-state index in [-0.39, 0.29) is 18.9 Å². The van der Waals surface area contributed by atoms with Gasteiger partial charge in [0.1, 0.15) is 6.61 Å². The molecule has 1 aromatic rings. The topological polar surface area (TPSA) is 75.6 Å². The van der Waals surface area contributed by atoms with Gasteiger partial charge in [-0.3, -0.25) is 4.79 Å². The second-order valence-corrected chi connectivity index (χ2v) is 5.34. The van der Waals surface area contributed by atoms with Gasteiger partial charge in [-0.15, -0.1) is 0 Å². The lowest BCUT2D eigenvalue weighted by Gasteiger charge is -2.24. The van der Waals surface area contributed by atoms with E-state index in [2.05, 4.69) is 5.32 Å². The van der Waals surface area contributed by atoms with Gasteiger partial charge in [0, 0.05) is 5.57 Å². The SMILES string of the molecule is O=C(O)C/C=C(/C(=O)OCc1ccccc1)C1CCNCC1. The van der Waals surface area contributed by atoms with Gasteiger partial charge < -0.3 is 15.2 Å². The van der Waals surface area contributed by atoms with Crippen molar-refractivity contribution in [1.82, 2.24) is 5.32 Å². The minimum absolute atomic E-state index is 0.0730. The smallest absolute Gasteiger partial charge is 0.334 e. The van der Waals surface area contributed by atoms with Gasteiger partial charge in [0.2, 0.25) is 0 Å². The molecule has 0 amide bonds. The maximum Gasteiger partial charge on any atom is 0.334 e. The fourth-order valence-corrected chi connectivity index (χ4v) is 2.55. The van der Waals surface area contributed by atoms with Gasteiger partial charge in [-0.1, -0.05) is 36.4 Å². The van der Waals surface area contributed by atoms with Gasteiger partial charge in [-0.2, -0.15) is 0 Å². The van der Waals surface area contributed by atoms with Crippen molar-refractivity contribution in [3.63, 3.8) is 0 Å². The predicted octanol–water partition coefficient (Wildman–Crippen LogP) is 2.13. The van der Waals surface area contributed by atoms with Crippen LogP contribution in [-0.2, 0) is 20.9 Å². The number of nitrogens with one attached hydrogen (secondary N) is 1. The second kappa shape index (κ2) is 8.34. The molecule has 2 N–H and O–H groups in total. The molecule has 118 valence electrons. The molecule has 0 saturated carbocycles. The van der Waals surface area contributed by atoms with Gasteiger partial charge >= 0.3 is 11.9 Å². The molecule has 1 fully saturated rings. The zero-order chi connectivity index (χ0) is 15.8. The number of rotatable bonds is 6. The Morgan fingerprint density at radius 2 is 1.91 bits per heavy atom. The first-order valence-electron chi connectivity index (χ1n) is 7.50. The van der Waals surface area contributed by atoms with Crippen molar-refractivity contribution in [1.29, 1.82) is 0 Å². The molecular weight excluding hydrogens is 282 g/mol. The van der Waals surface area contributed by atoms with Crippen LogP contribution in [0.5, 0.6) is 0 Å². The number of carbonyl (C=O) groups excluding carboxylic acids is 1. The molecule has 2 rings (SSSR count). The van der Waals surface area contributed by atoms with Crippen molar-refractivity contribution < 1.29 is 19.4 Å². The van der Waals surface area contributed by atoms with Gasteiger partial charge in [-0.05, 0) is 37.4 Å². The minimum atomic E-state index is -0.942. The molecule has 1 aliphatic rings. The number of hydrogen-bond acceptors (Lipinski definition) is 4. The maximum atomic E-state index is 12.3. The first-order chi connectivity index (χ1) is 10.7. The lowest BCUT2D eigenvalue weighted by atomic mass is 9.89. The molecule has 22 heavy (non-hydrogen) atoms. The van der Waals surface area contributed by atoms with Gasteiger partial charge in [-0.25, -0.2) is 4.79 Å². The maximum absolute atomic E-state index is 12.3. The lowest BCUT2D eigenvalue weighted by Crippen LogP contribution is -2.31. The number of benzene rings is 1. The summed E-state index contributed by atoms with van der Waals surface area (Å²) in [6, 6.07) is 9.45. The third-order valence-corrected chi connectivity index (χ3v) is 3.72.